The zero-order valence-corrected chi connectivity index (χ0v) is 11.1. The average molecular weight is 243 g/mol. The fourth-order valence-electron chi connectivity index (χ4n) is 2.08. The van der Waals surface area contributed by atoms with Gasteiger partial charge in [-0.15, -0.1) is 0 Å². The number of nitrogens with one attached hydrogen (secondary N) is 1. The molecular formula is C16H21NO. The lowest BCUT2D eigenvalue weighted by atomic mass is 10.0. The Labute approximate surface area is 109 Å². The van der Waals surface area contributed by atoms with E-state index in [1.807, 2.05) is 6.92 Å². The first-order valence-electron chi connectivity index (χ1n) is 6.59. The molecule has 0 radical (unpaired) electrons. The zero-order valence-electron chi connectivity index (χ0n) is 11.1. The Balaban J connectivity index is 2.03. The summed E-state index contributed by atoms with van der Waals surface area (Å²) < 4.78 is 5.41. The van der Waals surface area contributed by atoms with Crippen LogP contribution in [0.3, 0.4) is 0 Å². The van der Waals surface area contributed by atoms with E-state index in [0.717, 1.165) is 19.8 Å². The molecule has 2 heteroatoms. The van der Waals surface area contributed by atoms with E-state index in [1.165, 1.54) is 16.3 Å². The van der Waals surface area contributed by atoms with E-state index in [9.17, 15) is 0 Å². The highest BCUT2D eigenvalue weighted by Crippen LogP contribution is 2.18. The van der Waals surface area contributed by atoms with Gasteiger partial charge < -0.3 is 10.1 Å². The molecule has 2 aromatic rings. The van der Waals surface area contributed by atoms with E-state index >= 15 is 0 Å². The van der Waals surface area contributed by atoms with Crippen molar-refractivity contribution in [3.8, 4) is 0 Å². The van der Waals surface area contributed by atoms with Crippen molar-refractivity contribution in [3.05, 3.63) is 48.0 Å². The molecule has 0 aliphatic carbocycles. The van der Waals surface area contributed by atoms with Crippen molar-refractivity contribution in [1.29, 1.82) is 0 Å². The van der Waals surface area contributed by atoms with Gasteiger partial charge in [0.25, 0.3) is 0 Å². The van der Waals surface area contributed by atoms with Crippen molar-refractivity contribution >= 4 is 10.8 Å². The molecule has 0 aliphatic rings. The largest absolute Gasteiger partial charge is 0.380 e. The van der Waals surface area contributed by atoms with Crippen LogP contribution in [0.25, 0.3) is 10.8 Å². The number of fused-ring (bicyclic) bond motifs is 1. The zero-order chi connectivity index (χ0) is 12.8. The number of hydrogen-bond donors (Lipinski definition) is 1. The molecule has 0 fully saturated rings. The second-order valence-corrected chi connectivity index (χ2v) is 4.58. The molecule has 18 heavy (non-hydrogen) atoms. The highest BCUT2D eigenvalue weighted by molar-refractivity contribution is 5.85. The molecule has 2 aromatic carbocycles. The first-order valence-corrected chi connectivity index (χ1v) is 6.59. The number of ether oxygens (including phenoxy) is 1. The first kappa shape index (κ1) is 13.1. The molecule has 0 spiro atoms. The van der Waals surface area contributed by atoms with Crippen molar-refractivity contribution in [2.24, 2.45) is 0 Å². The summed E-state index contributed by atoms with van der Waals surface area (Å²) in [6, 6.07) is 15.3. The van der Waals surface area contributed by atoms with Gasteiger partial charge in [0.15, 0.2) is 0 Å². The summed E-state index contributed by atoms with van der Waals surface area (Å²) in [5.41, 5.74) is 1.34. The molecule has 0 saturated heterocycles. The van der Waals surface area contributed by atoms with Crippen molar-refractivity contribution in [2.75, 3.05) is 13.2 Å². The van der Waals surface area contributed by atoms with Gasteiger partial charge in [0.2, 0.25) is 0 Å². The Morgan fingerprint density at radius 3 is 2.72 bits per heavy atom. The van der Waals surface area contributed by atoms with Crippen molar-refractivity contribution in [2.45, 2.75) is 26.4 Å². The van der Waals surface area contributed by atoms with Gasteiger partial charge in [-0.2, -0.15) is 0 Å². The Morgan fingerprint density at radius 2 is 1.89 bits per heavy atom. The van der Waals surface area contributed by atoms with Crippen LogP contribution in [-0.4, -0.2) is 19.3 Å². The summed E-state index contributed by atoms with van der Waals surface area (Å²) >= 11 is 0. The maximum absolute atomic E-state index is 5.41. The van der Waals surface area contributed by atoms with Gasteiger partial charge in [-0.3, -0.25) is 0 Å². The Bertz CT molecular complexity index is 490. The lowest BCUT2D eigenvalue weighted by Gasteiger charge is -2.14. The van der Waals surface area contributed by atoms with Crippen LogP contribution in [0, 0.1) is 0 Å². The van der Waals surface area contributed by atoms with Gasteiger partial charge in [-0.05, 0) is 30.2 Å². The van der Waals surface area contributed by atoms with Gasteiger partial charge in [0.1, 0.15) is 0 Å². The number of benzene rings is 2. The second kappa shape index (κ2) is 6.53. The second-order valence-electron chi connectivity index (χ2n) is 4.58. The molecule has 0 heterocycles. The molecular weight excluding hydrogens is 222 g/mol. The van der Waals surface area contributed by atoms with Crippen LogP contribution in [0.5, 0.6) is 0 Å². The summed E-state index contributed by atoms with van der Waals surface area (Å²) in [6.07, 6.45) is 0. The van der Waals surface area contributed by atoms with Gasteiger partial charge in [-0.25, -0.2) is 0 Å². The predicted octanol–water partition coefficient (Wildman–Crippen LogP) is 3.35. The fourth-order valence-corrected chi connectivity index (χ4v) is 2.08. The van der Waals surface area contributed by atoms with Crippen LogP contribution >= 0.6 is 0 Å². The van der Waals surface area contributed by atoms with Crippen LogP contribution in [0.1, 0.15) is 19.4 Å². The third-order valence-corrected chi connectivity index (χ3v) is 3.09. The summed E-state index contributed by atoms with van der Waals surface area (Å²) in [5, 5.41) is 6.13. The summed E-state index contributed by atoms with van der Waals surface area (Å²) in [6.45, 7) is 6.61. The van der Waals surface area contributed by atoms with Crippen LogP contribution in [0.15, 0.2) is 42.5 Å². The Hall–Kier alpha value is -1.38. The normalized spacial score (nSPS) is 12.8. The fraction of sp³-hybridized carbons (Fsp3) is 0.375. The van der Waals surface area contributed by atoms with E-state index in [0.29, 0.717) is 6.04 Å². The number of hydrogen-bond acceptors (Lipinski definition) is 2. The van der Waals surface area contributed by atoms with E-state index in [-0.39, 0.29) is 0 Å². The van der Waals surface area contributed by atoms with Crippen LogP contribution in [0.4, 0.5) is 0 Å². The van der Waals surface area contributed by atoms with E-state index in [2.05, 4.69) is 54.7 Å². The minimum atomic E-state index is 0.379. The van der Waals surface area contributed by atoms with Crippen molar-refractivity contribution < 1.29 is 4.74 Å². The molecule has 0 amide bonds. The molecule has 1 unspecified atom stereocenters. The van der Waals surface area contributed by atoms with Gasteiger partial charge >= 0.3 is 0 Å². The first-order chi connectivity index (χ1) is 8.81. The summed E-state index contributed by atoms with van der Waals surface area (Å²) in [5.74, 6) is 0. The van der Waals surface area contributed by atoms with Crippen LogP contribution in [-0.2, 0) is 11.3 Å². The maximum atomic E-state index is 5.41. The van der Waals surface area contributed by atoms with E-state index in [1.54, 1.807) is 0 Å². The summed E-state index contributed by atoms with van der Waals surface area (Å²) in [4.78, 5) is 0. The smallest absolute Gasteiger partial charge is 0.0616 e. The minimum Gasteiger partial charge on any atom is -0.380 e. The molecule has 0 aromatic heterocycles. The molecule has 2 nitrogen and oxygen atoms in total. The van der Waals surface area contributed by atoms with Gasteiger partial charge in [-0.1, -0.05) is 42.5 Å². The van der Waals surface area contributed by atoms with Crippen LogP contribution in [0.2, 0.25) is 0 Å². The molecule has 0 aliphatic heterocycles. The standard InChI is InChI=1S/C16H21NO/c1-3-18-12-13(2)17-11-15-9-6-8-14-7-4-5-10-16(14)15/h4-10,13,17H,3,11-12H2,1-2H3. The van der Waals surface area contributed by atoms with Crippen molar-refractivity contribution in [1.82, 2.24) is 5.32 Å². The SMILES string of the molecule is CCOCC(C)NCc1cccc2ccccc12. The molecule has 0 bridgehead atoms. The third-order valence-electron chi connectivity index (χ3n) is 3.09. The maximum Gasteiger partial charge on any atom is 0.0616 e. The number of rotatable bonds is 6. The highest BCUT2D eigenvalue weighted by Gasteiger charge is 2.03. The highest BCUT2D eigenvalue weighted by atomic mass is 16.5. The monoisotopic (exact) mass is 243 g/mol. The minimum absolute atomic E-state index is 0.379. The van der Waals surface area contributed by atoms with Gasteiger partial charge in [0, 0.05) is 19.2 Å². The lowest BCUT2D eigenvalue weighted by Crippen LogP contribution is -2.30. The quantitative estimate of drug-likeness (QED) is 0.840. The molecule has 0 saturated carbocycles. The molecule has 1 N–H and O–H groups in total. The average Bonchev–Trinajstić information content (AvgIpc) is 2.42. The molecule has 1 atom stereocenters. The summed E-state index contributed by atoms with van der Waals surface area (Å²) in [7, 11) is 0. The topological polar surface area (TPSA) is 21.3 Å². The Kier molecular flexibility index (Phi) is 4.73. The predicted molar refractivity (Wildman–Crippen MR) is 76.7 cm³/mol. The van der Waals surface area contributed by atoms with E-state index in [4.69, 9.17) is 4.74 Å². The van der Waals surface area contributed by atoms with E-state index < -0.39 is 0 Å². The van der Waals surface area contributed by atoms with Crippen LogP contribution < -0.4 is 5.32 Å². The third kappa shape index (κ3) is 3.31. The molecule has 2 rings (SSSR count). The lowest BCUT2D eigenvalue weighted by molar-refractivity contribution is 0.127. The van der Waals surface area contributed by atoms with Crippen molar-refractivity contribution in [3.63, 3.8) is 0 Å². The van der Waals surface area contributed by atoms with Gasteiger partial charge in [0.05, 0.1) is 6.61 Å². The molecule has 96 valence electrons. The Morgan fingerprint density at radius 1 is 1.11 bits per heavy atom.